The van der Waals surface area contributed by atoms with Crippen LogP contribution < -0.4 is 10.5 Å². The Kier molecular flexibility index (Phi) is 3.75. The number of ether oxygens (including phenoxy) is 1. The maximum atomic E-state index is 5.79. The van der Waals surface area contributed by atoms with Gasteiger partial charge in [0.05, 0.1) is 17.3 Å². The average Bonchev–Trinajstić information content (AvgIpc) is 2.09. The van der Waals surface area contributed by atoms with Crippen LogP contribution in [0.3, 0.4) is 0 Å². The second-order valence-corrected chi connectivity index (χ2v) is 3.58. The number of hydrogen-bond donors (Lipinski definition) is 2. The molecule has 0 aliphatic heterocycles. The van der Waals surface area contributed by atoms with E-state index in [-0.39, 0.29) is 0 Å². The molecule has 0 atom stereocenters. The molecule has 0 aliphatic carbocycles. The van der Waals surface area contributed by atoms with E-state index >= 15 is 0 Å². The van der Waals surface area contributed by atoms with Gasteiger partial charge in [-0.3, -0.25) is 0 Å². The summed E-state index contributed by atoms with van der Waals surface area (Å²) in [6.45, 7) is 2.70. The minimum Gasteiger partial charge on any atom is -0.492 e. The van der Waals surface area contributed by atoms with E-state index in [2.05, 4.69) is 12.6 Å². The molecule has 0 spiro atoms. The molecule has 0 aromatic heterocycles. The smallest absolute Gasteiger partial charge is 0.134 e. The van der Waals surface area contributed by atoms with Gasteiger partial charge in [-0.05, 0) is 12.5 Å². The molecule has 0 radical (unpaired) electrons. The highest BCUT2D eigenvalue weighted by molar-refractivity contribution is 7.80. The average molecular weight is 218 g/mol. The summed E-state index contributed by atoms with van der Waals surface area (Å²) in [6, 6.07) is 3.38. The van der Waals surface area contributed by atoms with Crippen LogP contribution >= 0.6 is 24.2 Å². The van der Waals surface area contributed by atoms with Crippen molar-refractivity contribution >= 4 is 29.9 Å². The zero-order chi connectivity index (χ0) is 9.84. The maximum absolute atomic E-state index is 5.79. The van der Waals surface area contributed by atoms with E-state index < -0.39 is 0 Å². The summed E-state index contributed by atoms with van der Waals surface area (Å²) >= 11 is 10.0. The lowest BCUT2D eigenvalue weighted by molar-refractivity contribution is 0.310. The molecule has 2 nitrogen and oxygen atoms in total. The zero-order valence-electron chi connectivity index (χ0n) is 7.38. The number of rotatable bonds is 3. The molecule has 0 heterocycles. The van der Waals surface area contributed by atoms with Crippen LogP contribution in [0, 0.1) is 0 Å². The van der Waals surface area contributed by atoms with Crippen LogP contribution in [0.25, 0.3) is 0 Å². The first kappa shape index (κ1) is 10.5. The number of nitrogens with two attached hydrogens (primary N) is 1. The van der Waals surface area contributed by atoms with Crippen LogP contribution in [0.5, 0.6) is 5.75 Å². The standard InChI is InChI=1S/C9H12ClNOS/c1-2-3-12-8-5-7(11)6(10)4-9(8)13/h4-5,13H,2-3,11H2,1H3. The Morgan fingerprint density at radius 2 is 2.23 bits per heavy atom. The molecule has 0 fully saturated rings. The quantitative estimate of drug-likeness (QED) is 0.603. The van der Waals surface area contributed by atoms with Gasteiger partial charge >= 0.3 is 0 Å². The van der Waals surface area contributed by atoms with E-state index in [0.29, 0.717) is 28.0 Å². The van der Waals surface area contributed by atoms with Crippen molar-refractivity contribution in [2.24, 2.45) is 0 Å². The first-order chi connectivity index (χ1) is 6.15. The van der Waals surface area contributed by atoms with Crippen molar-refractivity contribution in [2.45, 2.75) is 18.2 Å². The number of anilines is 1. The van der Waals surface area contributed by atoms with Gasteiger partial charge < -0.3 is 10.5 Å². The van der Waals surface area contributed by atoms with Crippen LogP contribution in [0.1, 0.15) is 13.3 Å². The van der Waals surface area contributed by atoms with Crippen LogP contribution in [0.15, 0.2) is 17.0 Å². The van der Waals surface area contributed by atoms with Gasteiger partial charge in [0.2, 0.25) is 0 Å². The summed E-state index contributed by atoms with van der Waals surface area (Å²) in [5.74, 6) is 0.687. The third-order valence-electron chi connectivity index (χ3n) is 1.54. The van der Waals surface area contributed by atoms with Gasteiger partial charge in [0.1, 0.15) is 5.75 Å². The van der Waals surface area contributed by atoms with Crippen LogP contribution in [-0.4, -0.2) is 6.61 Å². The summed E-state index contributed by atoms with van der Waals surface area (Å²) in [7, 11) is 0. The fourth-order valence-electron chi connectivity index (χ4n) is 0.886. The molecule has 0 unspecified atom stereocenters. The third-order valence-corrected chi connectivity index (χ3v) is 2.22. The Bertz CT molecular complexity index is 304. The number of nitrogen functional groups attached to an aromatic ring is 1. The van der Waals surface area contributed by atoms with E-state index in [1.54, 1.807) is 12.1 Å². The van der Waals surface area contributed by atoms with Crippen molar-refractivity contribution in [1.29, 1.82) is 0 Å². The van der Waals surface area contributed by atoms with E-state index in [0.717, 1.165) is 6.42 Å². The lowest BCUT2D eigenvalue weighted by Gasteiger charge is -2.08. The Balaban J connectivity index is 2.88. The second-order valence-electron chi connectivity index (χ2n) is 2.69. The molecule has 0 aliphatic rings. The second kappa shape index (κ2) is 4.63. The summed E-state index contributed by atoms with van der Waals surface area (Å²) in [5.41, 5.74) is 6.13. The van der Waals surface area contributed by atoms with Crippen LogP contribution in [0.2, 0.25) is 5.02 Å². The first-order valence-corrected chi connectivity index (χ1v) is 4.88. The highest BCUT2D eigenvalue weighted by Crippen LogP contribution is 2.31. The molecule has 0 saturated heterocycles. The molecule has 4 heteroatoms. The van der Waals surface area contributed by atoms with Gasteiger partial charge in [-0.15, -0.1) is 12.6 Å². The molecule has 2 N–H and O–H groups in total. The normalized spacial score (nSPS) is 10.1. The van der Waals surface area contributed by atoms with Crippen molar-refractivity contribution in [2.75, 3.05) is 12.3 Å². The predicted molar refractivity (Wildman–Crippen MR) is 58.9 cm³/mol. The van der Waals surface area contributed by atoms with Crippen LogP contribution in [-0.2, 0) is 0 Å². The van der Waals surface area contributed by atoms with Crippen molar-refractivity contribution in [3.8, 4) is 5.75 Å². The van der Waals surface area contributed by atoms with Gasteiger partial charge in [-0.25, -0.2) is 0 Å². The summed E-state index contributed by atoms with van der Waals surface area (Å²) in [4.78, 5) is 0.715. The van der Waals surface area contributed by atoms with Gasteiger partial charge in [-0.2, -0.15) is 0 Å². The number of halogens is 1. The fraction of sp³-hybridized carbons (Fsp3) is 0.333. The highest BCUT2D eigenvalue weighted by atomic mass is 35.5. The first-order valence-electron chi connectivity index (χ1n) is 4.06. The monoisotopic (exact) mass is 217 g/mol. The molecule has 1 rings (SSSR count). The van der Waals surface area contributed by atoms with Crippen molar-refractivity contribution < 1.29 is 4.74 Å². The lowest BCUT2D eigenvalue weighted by Crippen LogP contribution is -1.97. The van der Waals surface area contributed by atoms with E-state index in [1.807, 2.05) is 6.92 Å². The SMILES string of the molecule is CCCOc1cc(N)c(Cl)cc1S. The molecule has 1 aromatic rings. The summed E-state index contributed by atoms with van der Waals surface area (Å²) in [5, 5.41) is 0.508. The topological polar surface area (TPSA) is 35.2 Å². The van der Waals surface area contributed by atoms with Gasteiger partial charge in [0.25, 0.3) is 0 Å². The summed E-state index contributed by atoms with van der Waals surface area (Å²) < 4.78 is 5.41. The van der Waals surface area contributed by atoms with Gasteiger partial charge in [0.15, 0.2) is 0 Å². The van der Waals surface area contributed by atoms with E-state index in [1.165, 1.54) is 0 Å². The van der Waals surface area contributed by atoms with Gasteiger partial charge in [-0.1, -0.05) is 18.5 Å². The number of hydrogen-bond acceptors (Lipinski definition) is 3. The molecular weight excluding hydrogens is 206 g/mol. The zero-order valence-corrected chi connectivity index (χ0v) is 9.03. The molecule has 0 saturated carbocycles. The summed E-state index contributed by atoms with van der Waals surface area (Å²) in [6.07, 6.45) is 0.954. The Hall–Kier alpha value is -0.540. The number of thiol groups is 1. The Morgan fingerprint density at radius 1 is 1.54 bits per heavy atom. The minimum absolute atomic E-state index is 0.508. The third kappa shape index (κ3) is 2.71. The molecule has 0 amide bonds. The Labute approximate surface area is 88.4 Å². The molecule has 72 valence electrons. The van der Waals surface area contributed by atoms with Crippen molar-refractivity contribution in [3.05, 3.63) is 17.2 Å². The van der Waals surface area contributed by atoms with Crippen molar-refractivity contribution in [3.63, 3.8) is 0 Å². The highest BCUT2D eigenvalue weighted by Gasteiger charge is 2.04. The largest absolute Gasteiger partial charge is 0.492 e. The molecule has 13 heavy (non-hydrogen) atoms. The van der Waals surface area contributed by atoms with Crippen LogP contribution in [0.4, 0.5) is 5.69 Å². The predicted octanol–water partition coefficient (Wildman–Crippen LogP) is 3.00. The fourth-order valence-corrected chi connectivity index (χ4v) is 1.38. The van der Waals surface area contributed by atoms with E-state index in [9.17, 15) is 0 Å². The lowest BCUT2D eigenvalue weighted by atomic mass is 10.3. The molecule has 1 aromatic carbocycles. The minimum atomic E-state index is 0.508. The van der Waals surface area contributed by atoms with Gasteiger partial charge in [0, 0.05) is 11.0 Å². The molecule has 0 bridgehead atoms. The van der Waals surface area contributed by atoms with E-state index in [4.69, 9.17) is 22.1 Å². The number of benzene rings is 1. The molecular formula is C9H12ClNOS. The maximum Gasteiger partial charge on any atom is 0.134 e. The van der Waals surface area contributed by atoms with Crippen molar-refractivity contribution in [1.82, 2.24) is 0 Å². The Morgan fingerprint density at radius 3 is 2.85 bits per heavy atom.